The van der Waals surface area contributed by atoms with Gasteiger partial charge in [0, 0.05) is 30.9 Å². The minimum Gasteiger partial charge on any atom is -0.368 e. The quantitative estimate of drug-likeness (QED) is 0.786. The molecule has 0 aliphatic carbocycles. The zero-order valence-electron chi connectivity index (χ0n) is 13.4. The predicted octanol–water partition coefficient (Wildman–Crippen LogP) is 2.36. The normalized spacial score (nSPS) is 17.3. The van der Waals surface area contributed by atoms with Crippen molar-refractivity contribution in [3.8, 4) is 6.07 Å². The molecule has 1 aliphatic rings. The molecule has 1 aromatic carbocycles. The molecule has 24 heavy (non-hydrogen) atoms. The lowest BCUT2D eigenvalue weighted by molar-refractivity contribution is 0.495. The number of nitrogens with zero attached hydrogens (tertiary/aromatic N) is 4. The molecule has 0 bridgehead atoms. The number of aryl methyl sites for hydroxylation is 1. The van der Waals surface area contributed by atoms with Gasteiger partial charge in [-0.05, 0) is 31.5 Å². The van der Waals surface area contributed by atoms with Crippen LogP contribution in [0.4, 0.5) is 5.69 Å². The van der Waals surface area contributed by atoms with E-state index in [1.54, 1.807) is 6.20 Å². The molecule has 6 heteroatoms. The Bertz CT molecular complexity index is 997. The Morgan fingerprint density at radius 3 is 3.04 bits per heavy atom. The van der Waals surface area contributed by atoms with Crippen LogP contribution in [0.3, 0.4) is 0 Å². The second-order valence-electron chi connectivity index (χ2n) is 6.21. The Labute approximate surface area is 138 Å². The highest BCUT2D eigenvalue weighted by molar-refractivity contribution is 5.95. The van der Waals surface area contributed by atoms with Gasteiger partial charge >= 0.3 is 0 Å². The van der Waals surface area contributed by atoms with E-state index in [-0.39, 0.29) is 17.2 Å². The van der Waals surface area contributed by atoms with Crippen molar-refractivity contribution in [2.45, 2.75) is 19.4 Å². The second kappa shape index (κ2) is 5.53. The van der Waals surface area contributed by atoms with E-state index in [0.29, 0.717) is 0 Å². The third-order valence-electron chi connectivity index (χ3n) is 4.63. The van der Waals surface area contributed by atoms with E-state index in [9.17, 15) is 10.1 Å². The molecule has 3 aromatic rings. The van der Waals surface area contributed by atoms with Crippen LogP contribution in [0.2, 0.25) is 0 Å². The van der Waals surface area contributed by atoms with E-state index in [0.717, 1.165) is 41.7 Å². The van der Waals surface area contributed by atoms with Crippen LogP contribution in [-0.4, -0.2) is 27.9 Å². The van der Waals surface area contributed by atoms with Crippen molar-refractivity contribution in [1.29, 1.82) is 5.26 Å². The van der Waals surface area contributed by atoms with Crippen LogP contribution in [0, 0.1) is 18.3 Å². The van der Waals surface area contributed by atoms with Crippen molar-refractivity contribution in [2.24, 2.45) is 0 Å². The average molecular weight is 319 g/mol. The number of anilines is 1. The SMILES string of the molecule is Cc1ccc2[nH]c(=O)c(C#N)c(N3CC[C@@H](n4cccn4)C3)c2c1. The number of hydrogen-bond acceptors (Lipinski definition) is 4. The number of fused-ring (bicyclic) bond motifs is 1. The summed E-state index contributed by atoms with van der Waals surface area (Å²) in [7, 11) is 0. The molecule has 1 N–H and O–H groups in total. The van der Waals surface area contributed by atoms with Gasteiger partial charge < -0.3 is 9.88 Å². The number of nitrogens with one attached hydrogen (secondary N) is 1. The fourth-order valence-electron chi connectivity index (χ4n) is 3.48. The van der Waals surface area contributed by atoms with Gasteiger partial charge in [0.15, 0.2) is 0 Å². The maximum Gasteiger partial charge on any atom is 0.268 e. The first-order valence-electron chi connectivity index (χ1n) is 7.98. The standard InChI is InChI=1S/C18H17N5O/c1-12-3-4-16-14(9-12)17(15(10-19)18(24)21-16)22-8-5-13(11-22)23-7-2-6-20-23/h2-4,6-7,9,13H,5,8,11H2,1H3,(H,21,24)/t13-/m1/s1. The van der Waals surface area contributed by atoms with Gasteiger partial charge in [-0.15, -0.1) is 0 Å². The maximum absolute atomic E-state index is 12.3. The largest absolute Gasteiger partial charge is 0.368 e. The number of aromatic amines is 1. The van der Waals surface area contributed by atoms with Crippen molar-refractivity contribution in [1.82, 2.24) is 14.8 Å². The summed E-state index contributed by atoms with van der Waals surface area (Å²) in [6.45, 7) is 3.55. The number of benzene rings is 1. The van der Waals surface area contributed by atoms with E-state index in [4.69, 9.17) is 0 Å². The Morgan fingerprint density at radius 2 is 2.29 bits per heavy atom. The molecule has 4 rings (SSSR count). The fourth-order valence-corrected chi connectivity index (χ4v) is 3.48. The van der Waals surface area contributed by atoms with E-state index in [1.165, 1.54) is 0 Å². The third-order valence-corrected chi connectivity index (χ3v) is 4.63. The van der Waals surface area contributed by atoms with Crippen molar-refractivity contribution in [3.63, 3.8) is 0 Å². The molecule has 0 spiro atoms. The molecule has 0 unspecified atom stereocenters. The van der Waals surface area contributed by atoms with E-state index in [2.05, 4.69) is 21.1 Å². The lowest BCUT2D eigenvalue weighted by atomic mass is 10.1. The summed E-state index contributed by atoms with van der Waals surface area (Å²) >= 11 is 0. The Kier molecular flexibility index (Phi) is 3.35. The Balaban J connectivity index is 1.85. The molecule has 1 saturated heterocycles. The van der Waals surface area contributed by atoms with Crippen LogP contribution in [0.1, 0.15) is 23.6 Å². The summed E-state index contributed by atoms with van der Waals surface area (Å²) in [4.78, 5) is 17.3. The summed E-state index contributed by atoms with van der Waals surface area (Å²) in [6, 6.07) is 10.2. The summed E-state index contributed by atoms with van der Waals surface area (Å²) in [5.74, 6) is 0. The molecule has 0 radical (unpaired) electrons. The minimum atomic E-state index is -0.327. The molecule has 1 fully saturated rings. The van der Waals surface area contributed by atoms with Crippen molar-refractivity contribution in [2.75, 3.05) is 18.0 Å². The highest BCUT2D eigenvalue weighted by Crippen LogP contribution is 2.33. The van der Waals surface area contributed by atoms with Crippen LogP contribution in [0.5, 0.6) is 0 Å². The molecule has 1 atom stereocenters. The van der Waals surface area contributed by atoms with Gasteiger partial charge in [-0.3, -0.25) is 9.48 Å². The molecule has 6 nitrogen and oxygen atoms in total. The first-order valence-corrected chi connectivity index (χ1v) is 7.98. The number of rotatable bonds is 2. The number of aromatic nitrogens is 3. The lowest BCUT2D eigenvalue weighted by Crippen LogP contribution is -2.25. The van der Waals surface area contributed by atoms with Crippen molar-refractivity contribution in [3.05, 3.63) is 58.1 Å². The molecular weight excluding hydrogens is 302 g/mol. The highest BCUT2D eigenvalue weighted by Gasteiger charge is 2.28. The molecule has 3 heterocycles. The lowest BCUT2D eigenvalue weighted by Gasteiger charge is -2.22. The number of hydrogen-bond donors (Lipinski definition) is 1. The second-order valence-corrected chi connectivity index (χ2v) is 6.21. The number of H-pyrrole nitrogens is 1. The third kappa shape index (κ3) is 2.26. The molecule has 0 saturated carbocycles. The van der Waals surface area contributed by atoms with Gasteiger partial charge in [0.2, 0.25) is 0 Å². The number of pyridine rings is 1. The molecule has 2 aromatic heterocycles. The van der Waals surface area contributed by atoms with Crippen LogP contribution in [0.25, 0.3) is 10.9 Å². The summed E-state index contributed by atoms with van der Waals surface area (Å²) in [5.41, 5.74) is 2.47. The smallest absolute Gasteiger partial charge is 0.268 e. The monoisotopic (exact) mass is 319 g/mol. The summed E-state index contributed by atoms with van der Waals surface area (Å²) in [6.07, 6.45) is 4.67. The van der Waals surface area contributed by atoms with E-state index >= 15 is 0 Å². The predicted molar refractivity (Wildman–Crippen MR) is 92.1 cm³/mol. The Hall–Kier alpha value is -3.07. The van der Waals surface area contributed by atoms with Gasteiger partial charge in [0.05, 0.1) is 17.2 Å². The van der Waals surface area contributed by atoms with E-state index < -0.39 is 0 Å². The van der Waals surface area contributed by atoms with Gasteiger partial charge in [0.25, 0.3) is 5.56 Å². The minimum absolute atomic E-state index is 0.189. The zero-order valence-corrected chi connectivity index (χ0v) is 13.4. The topological polar surface area (TPSA) is 77.7 Å². The summed E-state index contributed by atoms with van der Waals surface area (Å²) < 4.78 is 1.95. The highest BCUT2D eigenvalue weighted by atomic mass is 16.1. The van der Waals surface area contributed by atoms with Gasteiger partial charge in [-0.2, -0.15) is 10.4 Å². The summed E-state index contributed by atoms with van der Waals surface area (Å²) in [5, 5.41) is 14.8. The van der Waals surface area contributed by atoms with Gasteiger partial charge in [0.1, 0.15) is 11.6 Å². The molecule has 1 aliphatic heterocycles. The Morgan fingerprint density at radius 1 is 1.42 bits per heavy atom. The van der Waals surface area contributed by atoms with Gasteiger partial charge in [-0.25, -0.2) is 0 Å². The zero-order chi connectivity index (χ0) is 16.7. The molecule has 0 amide bonds. The maximum atomic E-state index is 12.3. The number of nitriles is 1. The first kappa shape index (κ1) is 14.5. The molecular formula is C18H17N5O. The van der Waals surface area contributed by atoms with Crippen LogP contribution in [0.15, 0.2) is 41.5 Å². The average Bonchev–Trinajstić information content (AvgIpc) is 3.25. The van der Waals surface area contributed by atoms with Crippen LogP contribution < -0.4 is 10.5 Å². The first-order chi connectivity index (χ1) is 11.7. The van der Waals surface area contributed by atoms with Gasteiger partial charge in [-0.1, -0.05) is 11.6 Å². The van der Waals surface area contributed by atoms with Crippen LogP contribution in [-0.2, 0) is 0 Å². The fraction of sp³-hybridized carbons (Fsp3) is 0.278. The molecule has 120 valence electrons. The van der Waals surface area contributed by atoms with Crippen molar-refractivity contribution >= 4 is 16.6 Å². The van der Waals surface area contributed by atoms with Crippen molar-refractivity contribution < 1.29 is 0 Å². The van der Waals surface area contributed by atoms with E-state index in [1.807, 2.05) is 42.1 Å². The van der Waals surface area contributed by atoms with Crippen LogP contribution >= 0.6 is 0 Å².